The molecule has 0 fully saturated rings. The number of phenols is 2. The monoisotopic (exact) mass is 464 g/mol. The maximum Gasteiger partial charge on any atom is 0.115 e. The SMILES string of the molecule is CC(C)c1cc(C2(c3ccc(N)c(C(C)C)c3)c3cc(O)ccc3-c3ccc(O)cc32)ccc1N. The molecule has 0 aromatic heterocycles. The second-order valence-electron chi connectivity index (χ2n) is 10.2. The van der Waals surface area contributed by atoms with Gasteiger partial charge in [-0.05, 0) is 92.7 Å². The lowest BCUT2D eigenvalue weighted by atomic mass is 9.66. The molecule has 6 N–H and O–H groups in total. The summed E-state index contributed by atoms with van der Waals surface area (Å²) in [4.78, 5) is 0. The Morgan fingerprint density at radius 1 is 0.571 bits per heavy atom. The van der Waals surface area contributed by atoms with Gasteiger partial charge in [0.1, 0.15) is 11.5 Å². The average Bonchev–Trinajstić information content (AvgIpc) is 3.08. The Morgan fingerprint density at radius 3 is 1.34 bits per heavy atom. The Labute approximate surface area is 206 Å². The molecule has 0 unspecified atom stereocenters. The van der Waals surface area contributed by atoms with E-state index < -0.39 is 5.41 Å². The lowest BCUT2D eigenvalue weighted by Gasteiger charge is -2.35. The summed E-state index contributed by atoms with van der Waals surface area (Å²) < 4.78 is 0. The Balaban J connectivity index is 1.98. The van der Waals surface area contributed by atoms with Crippen molar-refractivity contribution in [3.63, 3.8) is 0 Å². The Morgan fingerprint density at radius 2 is 0.971 bits per heavy atom. The van der Waals surface area contributed by atoms with Crippen molar-refractivity contribution in [2.75, 3.05) is 11.5 Å². The van der Waals surface area contributed by atoms with E-state index in [1.165, 1.54) is 0 Å². The van der Waals surface area contributed by atoms with E-state index in [2.05, 4.69) is 52.0 Å². The minimum Gasteiger partial charge on any atom is -0.508 e. The first-order chi connectivity index (χ1) is 16.6. The molecular formula is C31H32N2O2. The van der Waals surface area contributed by atoms with Crippen LogP contribution in [-0.4, -0.2) is 10.2 Å². The van der Waals surface area contributed by atoms with Crippen LogP contribution in [0.1, 0.15) is 72.9 Å². The quantitative estimate of drug-likeness (QED) is 0.218. The third-order valence-corrected chi connectivity index (χ3v) is 7.39. The van der Waals surface area contributed by atoms with Crippen molar-refractivity contribution in [1.29, 1.82) is 0 Å². The largest absolute Gasteiger partial charge is 0.508 e. The topological polar surface area (TPSA) is 92.5 Å². The molecule has 1 aliphatic rings. The second-order valence-corrected chi connectivity index (χ2v) is 10.2. The summed E-state index contributed by atoms with van der Waals surface area (Å²) in [5, 5.41) is 21.3. The third-order valence-electron chi connectivity index (χ3n) is 7.39. The summed E-state index contributed by atoms with van der Waals surface area (Å²) in [5.74, 6) is 0.866. The van der Waals surface area contributed by atoms with Gasteiger partial charge in [-0.2, -0.15) is 0 Å². The Bertz CT molecular complexity index is 1340. The normalized spacial score (nSPS) is 13.8. The first-order valence-electron chi connectivity index (χ1n) is 12.1. The molecule has 4 nitrogen and oxygen atoms in total. The number of hydrogen-bond acceptors (Lipinski definition) is 4. The van der Waals surface area contributed by atoms with E-state index in [0.29, 0.717) is 0 Å². The molecule has 4 aromatic carbocycles. The number of nitrogens with two attached hydrogens (primary N) is 2. The molecule has 0 bridgehead atoms. The van der Waals surface area contributed by atoms with E-state index >= 15 is 0 Å². The molecule has 0 aliphatic heterocycles. The zero-order valence-electron chi connectivity index (χ0n) is 20.6. The second kappa shape index (κ2) is 8.09. The fourth-order valence-electron chi connectivity index (χ4n) is 5.70. The smallest absolute Gasteiger partial charge is 0.115 e. The minimum absolute atomic E-state index is 0.198. The van der Waals surface area contributed by atoms with E-state index in [-0.39, 0.29) is 23.3 Å². The molecule has 178 valence electrons. The molecule has 0 heterocycles. The van der Waals surface area contributed by atoms with Gasteiger partial charge < -0.3 is 21.7 Å². The number of anilines is 2. The zero-order chi connectivity index (χ0) is 25.1. The predicted molar refractivity (Wildman–Crippen MR) is 144 cm³/mol. The third kappa shape index (κ3) is 3.35. The van der Waals surface area contributed by atoms with E-state index in [9.17, 15) is 10.2 Å². The lowest BCUT2D eigenvalue weighted by Crippen LogP contribution is -2.29. The van der Waals surface area contributed by atoms with Gasteiger partial charge in [0, 0.05) is 11.4 Å². The van der Waals surface area contributed by atoms with Crippen molar-refractivity contribution in [1.82, 2.24) is 0 Å². The summed E-state index contributed by atoms with van der Waals surface area (Å²) in [6, 6.07) is 23.5. The highest BCUT2D eigenvalue weighted by Gasteiger charge is 2.47. The molecule has 0 amide bonds. The van der Waals surface area contributed by atoms with E-state index in [1.54, 1.807) is 12.1 Å². The molecule has 0 saturated carbocycles. The summed E-state index contributed by atoms with van der Waals surface area (Å²) in [5.41, 5.74) is 21.7. The highest BCUT2D eigenvalue weighted by atomic mass is 16.3. The molecular weight excluding hydrogens is 432 g/mol. The van der Waals surface area contributed by atoms with E-state index in [4.69, 9.17) is 11.5 Å². The van der Waals surface area contributed by atoms with Gasteiger partial charge in [-0.15, -0.1) is 0 Å². The van der Waals surface area contributed by atoms with Crippen LogP contribution in [0.25, 0.3) is 11.1 Å². The van der Waals surface area contributed by atoms with Crippen LogP contribution in [0.3, 0.4) is 0 Å². The van der Waals surface area contributed by atoms with Crippen molar-refractivity contribution in [2.45, 2.75) is 44.9 Å². The van der Waals surface area contributed by atoms with Gasteiger partial charge in [-0.3, -0.25) is 0 Å². The molecule has 0 spiro atoms. The van der Waals surface area contributed by atoms with Gasteiger partial charge in [-0.25, -0.2) is 0 Å². The number of benzene rings is 4. The van der Waals surface area contributed by atoms with Crippen LogP contribution in [-0.2, 0) is 5.41 Å². The maximum atomic E-state index is 10.6. The van der Waals surface area contributed by atoms with Crippen molar-refractivity contribution in [3.8, 4) is 22.6 Å². The Kier molecular flexibility index (Phi) is 5.28. The summed E-state index contributed by atoms with van der Waals surface area (Å²) in [6.07, 6.45) is 0. The first-order valence-corrected chi connectivity index (χ1v) is 12.1. The summed E-state index contributed by atoms with van der Waals surface area (Å²) in [7, 11) is 0. The van der Waals surface area contributed by atoms with Crippen LogP contribution in [0.15, 0.2) is 72.8 Å². The maximum absolute atomic E-state index is 10.6. The van der Waals surface area contributed by atoms with Gasteiger partial charge in [0.2, 0.25) is 0 Å². The predicted octanol–water partition coefficient (Wildman–Crippen LogP) is 6.87. The molecule has 4 aromatic rings. The Hall–Kier alpha value is -3.92. The van der Waals surface area contributed by atoms with Crippen molar-refractivity contribution in [2.24, 2.45) is 0 Å². The number of rotatable bonds is 4. The molecule has 35 heavy (non-hydrogen) atoms. The molecule has 0 saturated heterocycles. The van der Waals surface area contributed by atoms with E-state index in [1.807, 2.05) is 36.4 Å². The molecule has 0 radical (unpaired) electrons. The molecule has 4 heteroatoms. The average molecular weight is 465 g/mol. The van der Waals surface area contributed by atoms with Crippen LogP contribution in [0.2, 0.25) is 0 Å². The lowest BCUT2D eigenvalue weighted by molar-refractivity contribution is 0.473. The minimum atomic E-state index is -0.767. The summed E-state index contributed by atoms with van der Waals surface area (Å²) in [6.45, 7) is 8.54. The van der Waals surface area contributed by atoms with Gasteiger partial charge >= 0.3 is 0 Å². The first kappa shape index (κ1) is 22.9. The van der Waals surface area contributed by atoms with Crippen LogP contribution in [0.5, 0.6) is 11.5 Å². The van der Waals surface area contributed by atoms with Gasteiger partial charge in [0.15, 0.2) is 0 Å². The highest BCUT2D eigenvalue weighted by molar-refractivity contribution is 5.87. The van der Waals surface area contributed by atoms with E-state index in [0.717, 1.165) is 55.9 Å². The molecule has 5 rings (SSSR count). The van der Waals surface area contributed by atoms with Crippen LogP contribution >= 0.6 is 0 Å². The molecule has 1 aliphatic carbocycles. The van der Waals surface area contributed by atoms with Gasteiger partial charge in [0.05, 0.1) is 5.41 Å². The zero-order valence-corrected chi connectivity index (χ0v) is 20.6. The fourth-order valence-corrected chi connectivity index (χ4v) is 5.70. The fraction of sp³-hybridized carbons (Fsp3) is 0.226. The van der Waals surface area contributed by atoms with Crippen molar-refractivity contribution < 1.29 is 10.2 Å². The van der Waals surface area contributed by atoms with Crippen LogP contribution < -0.4 is 11.5 Å². The van der Waals surface area contributed by atoms with Gasteiger partial charge in [-0.1, -0.05) is 64.1 Å². The number of hydrogen-bond donors (Lipinski definition) is 4. The number of nitrogen functional groups attached to an aromatic ring is 2. The van der Waals surface area contributed by atoms with Gasteiger partial charge in [0.25, 0.3) is 0 Å². The summed E-state index contributed by atoms with van der Waals surface area (Å²) >= 11 is 0. The standard InChI is InChI=1S/C31H32N2O2/c1-17(2)25-13-19(5-11-29(25)32)31(20-6-12-30(33)26(14-20)18(3)4)27-15-21(34)7-9-23(27)24-10-8-22(35)16-28(24)31/h5-18,34-35H,32-33H2,1-4H3. The number of fused-ring (bicyclic) bond motifs is 3. The molecule has 0 atom stereocenters. The van der Waals surface area contributed by atoms with Crippen LogP contribution in [0, 0.1) is 0 Å². The number of phenolic OH excluding ortho intramolecular Hbond substituents is 2. The number of aromatic hydroxyl groups is 2. The van der Waals surface area contributed by atoms with Crippen molar-refractivity contribution >= 4 is 11.4 Å². The van der Waals surface area contributed by atoms with Crippen LogP contribution in [0.4, 0.5) is 11.4 Å². The highest BCUT2D eigenvalue weighted by Crippen LogP contribution is 2.58. The van der Waals surface area contributed by atoms with Crippen molar-refractivity contribution in [3.05, 3.63) is 106 Å².